The van der Waals surface area contributed by atoms with E-state index in [1.807, 2.05) is 6.92 Å². The van der Waals surface area contributed by atoms with Crippen LogP contribution in [-0.4, -0.2) is 24.5 Å². The third-order valence-electron chi connectivity index (χ3n) is 2.76. The predicted octanol–water partition coefficient (Wildman–Crippen LogP) is 3.23. The Morgan fingerprint density at radius 2 is 2.00 bits per heavy atom. The minimum atomic E-state index is -0.276. The van der Waals surface area contributed by atoms with E-state index in [9.17, 15) is 9.18 Å². The van der Waals surface area contributed by atoms with Crippen molar-refractivity contribution in [3.63, 3.8) is 0 Å². The Morgan fingerprint density at radius 1 is 1.33 bits per heavy atom. The van der Waals surface area contributed by atoms with Crippen LogP contribution in [0.1, 0.15) is 11.3 Å². The van der Waals surface area contributed by atoms with Crippen molar-refractivity contribution in [3.05, 3.63) is 35.0 Å². The fourth-order valence-corrected chi connectivity index (χ4v) is 2.60. The van der Waals surface area contributed by atoms with Gasteiger partial charge in [0.25, 0.3) is 0 Å². The number of hydrogen-bond acceptors (Lipinski definition) is 4. The van der Waals surface area contributed by atoms with E-state index in [0.29, 0.717) is 18.1 Å². The summed E-state index contributed by atoms with van der Waals surface area (Å²) in [6, 6.07) is 6.17. The summed E-state index contributed by atoms with van der Waals surface area (Å²) in [6.45, 7) is 2.56. The average Bonchev–Trinajstić information content (AvgIpc) is 2.78. The maximum Gasteiger partial charge on any atom is 0.227 e. The monoisotopic (exact) mass is 329 g/mol. The average molecular weight is 330 g/mol. The van der Waals surface area contributed by atoms with Gasteiger partial charge in [-0.05, 0) is 38.2 Å². The Kier molecular flexibility index (Phi) is 6.74. The Bertz CT molecular complexity index is 601. The van der Waals surface area contributed by atoms with Gasteiger partial charge in [0.1, 0.15) is 5.82 Å². The zero-order chi connectivity index (χ0) is 14.5. The minimum Gasteiger partial charge on any atom is -0.319 e. The molecule has 0 fully saturated rings. The smallest absolute Gasteiger partial charge is 0.227 e. The van der Waals surface area contributed by atoms with Gasteiger partial charge in [0.05, 0.1) is 5.69 Å². The largest absolute Gasteiger partial charge is 0.319 e. The number of carbonyl (C=O) groups is 1. The minimum absolute atomic E-state index is 0. The van der Waals surface area contributed by atoms with E-state index < -0.39 is 0 Å². The Labute approximate surface area is 133 Å². The van der Waals surface area contributed by atoms with Gasteiger partial charge in [-0.3, -0.25) is 4.79 Å². The van der Waals surface area contributed by atoms with Crippen LogP contribution in [0.25, 0.3) is 11.3 Å². The van der Waals surface area contributed by atoms with Crippen molar-refractivity contribution in [3.8, 4) is 11.3 Å². The molecule has 1 heterocycles. The van der Waals surface area contributed by atoms with Gasteiger partial charge in [0, 0.05) is 23.4 Å². The van der Waals surface area contributed by atoms with Gasteiger partial charge in [0.2, 0.25) is 5.91 Å². The second kappa shape index (κ2) is 8.07. The fourth-order valence-electron chi connectivity index (χ4n) is 1.75. The molecule has 2 rings (SSSR count). The topological polar surface area (TPSA) is 54.0 Å². The number of nitrogens with one attached hydrogen (secondary N) is 2. The van der Waals surface area contributed by atoms with Crippen molar-refractivity contribution in [2.75, 3.05) is 18.9 Å². The molecule has 0 radical (unpaired) electrons. The standard InChI is InChI=1S/C14H16FN3OS.ClH/c1-9-13(10-3-5-11(15)6-4-10)18-14(20-9)17-12(19)7-8-16-2;/h3-6,16H,7-8H2,1-2H3,(H,17,18,19);1H. The molecule has 4 nitrogen and oxygen atoms in total. The molecule has 1 aromatic carbocycles. The number of carbonyl (C=O) groups excluding carboxylic acids is 1. The zero-order valence-corrected chi connectivity index (χ0v) is 13.4. The SMILES string of the molecule is CNCCC(=O)Nc1nc(-c2ccc(F)cc2)c(C)s1.Cl. The normalized spacial score (nSPS) is 10.0. The second-order valence-electron chi connectivity index (χ2n) is 4.33. The molecule has 0 bridgehead atoms. The number of amides is 1. The highest BCUT2D eigenvalue weighted by atomic mass is 35.5. The molecular weight excluding hydrogens is 313 g/mol. The van der Waals surface area contributed by atoms with Gasteiger partial charge in [-0.2, -0.15) is 0 Å². The van der Waals surface area contributed by atoms with E-state index in [1.54, 1.807) is 19.2 Å². The lowest BCUT2D eigenvalue weighted by Crippen LogP contribution is -2.18. The third kappa shape index (κ3) is 4.77. The second-order valence-corrected chi connectivity index (χ2v) is 5.54. The quantitative estimate of drug-likeness (QED) is 0.885. The maximum absolute atomic E-state index is 12.9. The molecule has 0 unspecified atom stereocenters. The van der Waals surface area contributed by atoms with Crippen molar-refractivity contribution in [2.24, 2.45) is 0 Å². The number of thiazole rings is 1. The van der Waals surface area contributed by atoms with Crippen molar-refractivity contribution >= 4 is 34.8 Å². The van der Waals surface area contributed by atoms with Gasteiger partial charge < -0.3 is 10.6 Å². The summed E-state index contributed by atoms with van der Waals surface area (Å²) < 4.78 is 12.9. The summed E-state index contributed by atoms with van der Waals surface area (Å²) in [5, 5.41) is 6.26. The van der Waals surface area contributed by atoms with Gasteiger partial charge in [-0.1, -0.05) is 0 Å². The van der Waals surface area contributed by atoms with E-state index in [-0.39, 0.29) is 24.1 Å². The van der Waals surface area contributed by atoms with Crippen LogP contribution >= 0.6 is 23.7 Å². The van der Waals surface area contributed by atoms with Gasteiger partial charge in [-0.25, -0.2) is 9.37 Å². The van der Waals surface area contributed by atoms with Crippen molar-refractivity contribution < 1.29 is 9.18 Å². The van der Waals surface area contributed by atoms with Crippen LogP contribution in [0.5, 0.6) is 0 Å². The molecule has 7 heteroatoms. The molecular formula is C14H17ClFN3OS. The first-order valence-electron chi connectivity index (χ1n) is 6.28. The Hall–Kier alpha value is -1.50. The molecule has 1 aromatic heterocycles. The summed E-state index contributed by atoms with van der Waals surface area (Å²) in [6.07, 6.45) is 0.404. The van der Waals surface area contributed by atoms with Gasteiger partial charge in [-0.15, -0.1) is 23.7 Å². The molecule has 2 aromatic rings. The molecule has 0 atom stereocenters. The summed E-state index contributed by atoms with van der Waals surface area (Å²) in [5.41, 5.74) is 1.62. The number of nitrogens with zero attached hydrogens (tertiary/aromatic N) is 1. The number of hydrogen-bond donors (Lipinski definition) is 2. The number of halogens is 2. The van der Waals surface area contributed by atoms with Crippen LogP contribution in [0.4, 0.5) is 9.52 Å². The summed E-state index contributed by atoms with van der Waals surface area (Å²) in [7, 11) is 1.80. The van der Waals surface area contributed by atoms with Crippen LogP contribution < -0.4 is 10.6 Å². The number of benzene rings is 1. The van der Waals surface area contributed by atoms with E-state index in [2.05, 4.69) is 15.6 Å². The Balaban J connectivity index is 0.00000220. The lowest BCUT2D eigenvalue weighted by Gasteiger charge is -2.00. The highest BCUT2D eigenvalue weighted by molar-refractivity contribution is 7.16. The third-order valence-corrected chi connectivity index (χ3v) is 3.65. The number of aromatic nitrogens is 1. The van der Waals surface area contributed by atoms with E-state index in [0.717, 1.165) is 16.1 Å². The first kappa shape index (κ1) is 17.6. The van der Waals surface area contributed by atoms with Gasteiger partial charge >= 0.3 is 0 Å². The van der Waals surface area contributed by atoms with E-state index in [1.165, 1.54) is 23.5 Å². The van der Waals surface area contributed by atoms with Crippen molar-refractivity contribution in [1.82, 2.24) is 10.3 Å². The number of aryl methyl sites for hydroxylation is 1. The van der Waals surface area contributed by atoms with Crippen molar-refractivity contribution in [2.45, 2.75) is 13.3 Å². The zero-order valence-electron chi connectivity index (χ0n) is 11.8. The van der Waals surface area contributed by atoms with Crippen LogP contribution in [0, 0.1) is 12.7 Å². The molecule has 114 valence electrons. The highest BCUT2D eigenvalue weighted by Gasteiger charge is 2.11. The Morgan fingerprint density at radius 3 is 2.62 bits per heavy atom. The summed E-state index contributed by atoms with van der Waals surface area (Å²) in [5.74, 6) is -0.346. The lowest BCUT2D eigenvalue weighted by molar-refractivity contribution is -0.116. The summed E-state index contributed by atoms with van der Waals surface area (Å²) >= 11 is 1.42. The number of rotatable bonds is 5. The molecule has 0 aliphatic heterocycles. The fraction of sp³-hybridized carbons (Fsp3) is 0.286. The predicted molar refractivity (Wildman–Crippen MR) is 86.7 cm³/mol. The van der Waals surface area contributed by atoms with Crippen LogP contribution in [-0.2, 0) is 4.79 Å². The van der Waals surface area contributed by atoms with E-state index >= 15 is 0 Å². The van der Waals surface area contributed by atoms with Gasteiger partial charge in [0.15, 0.2) is 5.13 Å². The van der Waals surface area contributed by atoms with Crippen molar-refractivity contribution in [1.29, 1.82) is 0 Å². The molecule has 0 aliphatic carbocycles. The molecule has 1 amide bonds. The highest BCUT2D eigenvalue weighted by Crippen LogP contribution is 2.30. The molecule has 2 N–H and O–H groups in total. The first-order valence-corrected chi connectivity index (χ1v) is 7.09. The molecule has 0 saturated heterocycles. The molecule has 0 saturated carbocycles. The molecule has 0 aliphatic rings. The first-order chi connectivity index (χ1) is 9.60. The van der Waals surface area contributed by atoms with Crippen LogP contribution in [0.3, 0.4) is 0 Å². The molecule has 21 heavy (non-hydrogen) atoms. The van der Waals surface area contributed by atoms with Crippen LogP contribution in [0.2, 0.25) is 0 Å². The van der Waals surface area contributed by atoms with E-state index in [4.69, 9.17) is 0 Å². The molecule has 0 spiro atoms. The lowest BCUT2D eigenvalue weighted by atomic mass is 10.1. The summed E-state index contributed by atoms with van der Waals surface area (Å²) in [4.78, 5) is 17.0. The van der Waals surface area contributed by atoms with Crippen LogP contribution in [0.15, 0.2) is 24.3 Å². The number of anilines is 1. The maximum atomic E-state index is 12.9.